The number of carbonyl (C=O) groups is 1. The average molecular weight is 330 g/mol. The molecule has 0 radical (unpaired) electrons. The van der Waals surface area contributed by atoms with Crippen molar-refractivity contribution in [3.8, 4) is 5.75 Å². The van der Waals surface area contributed by atoms with Crippen molar-refractivity contribution in [3.05, 3.63) is 52.2 Å². The summed E-state index contributed by atoms with van der Waals surface area (Å²) in [6.07, 6.45) is 0.648. The lowest BCUT2D eigenvalue weighted by Crippen LogP contribution is -2.34. The first kappa shape index (κ1) is 15.6. The minimum atomic E-state index is -0.532. The molecule has 0 spiro atoms. The SMILES string of the molecule is COc1cccc(CC2=NOC(C(=O)NCc3cccs3)C2)c1. The average Bonchev–Trinajstić information content (AvgIpc) is 3.24. The van der Waals surface area contributed by atoms with E-state index in [-0.39, 0.29) is 5.91 Å². The van der Waals surface area contributed by atoms with Gasteiger partial charge in [-0.2, -0.15) is 0 Å². The Balaban J connectivity index is 1.50. The molecule has 1 N–H and O–H groups in total. The van der Waals surface area contributed by atoms with Gasteiger partial charge in [0.15, 0.2) is 0 Å². The van der Waals surface area contributed by atoms with E-state index in [1.54, 1.807) is 18.4 Å². The first-order chi connectivity index (χ1) is 11.2. The Hall–Kier alpha value is -2.34. The van der Waals surface area contributed by atoms with Gasteiger partial charge in [-0.3, -0.25) is 4.79 Å². The maximum absolute atomic E-state index is 12.1. The van der Waals surface area contributed by atoms with Crippen molar-refractivity contribution < 1.29 is 14.4 Å². The van der Waals surface area contributed by atoms with Gasteiger partial charge in [0, 0.05) is 17.7 Å². The summed E-state index contributed by atoms with van der Waals surface area (Å²) in [6, 6.07) is 11.8. The number of thiophene rings is 1. The lowest BCUT2D eigenvalue weighted by molar-refractivity contribution is -0.131. The second-order valence-electron chi connectivity index (χ2n) is 5.28. The van der Waals surface area contributed by atoms with Crippen LogP contribution < -0.4 is 10.1 Å². The smallest absolute Gasteiger partial charge is 0.264 e. The van der Waals surface area contributed by atoms with Crippen molar-refractivity contribution in [2.75, 3.05) is 7.11 Å². The Bertz CT molecular complexity index is 698. The second kappa shape index (κ2) is 7.28. The lowest BCUT2D eigenvalue weighted by Gasteiger charge is -2.08. The predicted molar refractivity (Wildman–Crippen MR) is 89.8 cm³/mol. The quantitative estimate of drug-likeness (QED) is 0.886. The molecule has 1 amide bonds. The van der Waals surface area contributed by atoms with Gasteiger partial charge < -0.3 is 14.9 Å². The van der Waals surface area contributed by atoms with Crippen LogP contribution >= 0.6 is 11.3 Å². The standard InChI is InChI=1S/C17H18N2O3S/c1-21-14-5-2-4-12(9-14)8-13-10-16(22-19-13)17(20)18-11-15-6-3-7-23-15/h2-7,9,16H,8,10-11H2,1H3,(H,18,20). The summed E-state index contributed by atoms with van der Waals surface area (Å²) in [7, 11) is 1.64. The summed E-state index contributed by atoms with van der Waals surface area (Å²) < 4.78 is 5.21. The number of nitrogens with one attached hydrogen (secondary N) is 1. The van der Waals surface area contributed by atoms with Gasteiger partial charge in [0.25, 0.3) is 5.91 Å². The Kier molecular flexibility index (Phi) is 4.92. The van der Waals surface area contributed by atoms with E-state index in [1.165, 1.54) is 0 Å². The molecule has 0 fully saturated rings. The summed E-state index contributed by atoms with van der Waals surface area (Å²) in [5, 5.41) is 8.92. The molecule has 0 bridgehead atoms. The number of methoxy groups -OCH3 is 1. The number of oxime groups is 1. The molecule has 120 valence electrons. The van der Waals surface area contributed by atoms with Crippen LogP contribution in [0, 0.1) is 0 Å². The van der Waals surface area contributed by atoms with Crippen LogP contribution in [0.25, 0.3) is 0 Å². The van der Waals surface area contributed by atoms with E-state index < -0.39 is 6.10 Å². The molecule has 5 nitrogen and oxygen atoms in total. The van der Waals surface area contributed by atoms with Crippen LogP contribution in [0.3, 0.4) is 0 Å². The summed E-state index contributed by atoms with van der Waals surface area (Å²) in [6.45, 7) is 0.529. The van der Waals surface area contributed by atoms with Crippen LogP contribution in [0.4, 0.5) is 0 Å². The lowest BCUT2D eigenvalue weighted by atomic mass is 10.0. The van der Waals surface area contributed by atoms with Crippen LogP contribution in [0.1, 0.15) is 16.9 Å². The van der Waals surface area contributed by atoms with Crippen LogP contribution in [0.5, 0.6) is 5.75 Å². The highest BCUT2D eigenvalue weighted by molar-refractivity contribution is 7.09. The Morgan fingerprint density at radius 1 is 1.43 bits per heavy atom. The molecule has 1 aromatic heterocycles. The molecule has 3 rings (SSSR count). The van der Waals surface area contributed by atoms with E-state index in [9.17, 15) is 4.79 Å². The normalized spacial score (nSPS) is 16.6. The highest BCUT2D eigenvalue weighted by Gasteiger charge is 2.27. The number of hydrogen-bond donors (Lipinski definition) is 1. The zero-order valence-electron chi connectivity index (χ0n) is 12.8. The molecule has 2 aromatic rings. The summed E-state index contributed by atoms with van der Waals surface area (Å²) in [5.41, 5.74) is 1.96. The zero-order valence-corrected chi connectivity index (χ0v) is 13.6. The third kappa shape index (κ3) is 4.10. The molecule has 0 saturated heterocycles. The first-order valence-electron chi connectivity index (χ1n) is 7.39. The van der Waals surface area contributed by atoms with Gasteiger partial charge in [-0.05, 0) is 29.1 Å². The monoisotopic (exact) mass is 330 g/mol. The van der Waals surface area contributed by atoms with Gasteiger partial charge in [-0.25, -0.2) is 0 Å². The molecular formula is C17H18N2O3S. The van der Waals surface area contributed by atoms with E-state index in [1.807, 2.05) is 41.8 Å². The number of hydrogen-bond acceptors (Lipinski definition) is 5. The van der Waals surface area contributed by atoms with Crippen LogP contribution in [0.15, 0.2) is 46.9 Å². The maximum Gasteiger partial charge on any atom is 0.264 e. The third-order valence-electron chi connectivity index (χ3n) is 3.58. The zero-order chi connectivity index (χ0) is 16.1. The van der Waals surface area contributed by atoms with Gasteiger partial charge in [-0.1, -0.05) is 23.4 Å². The number of benzene rings is 1. The molecular weight excluding hydrogens is 312 g/mol. The number of ether oxygens (including phenoxy) is 1. The van der Waals surface area contributed by atoms with Crippen molar-refractivity contribution >= 4 is 23.0 Å². The van der Waals surface area contributed by atoms with Crippen LogP contribution in [-0.2, 0) is 22.6 Å². The number of carbonyl (C=O) groups excluding carboxylic acids is 1. The van der Waals surface area contributed by atoms with E-state index >= 15 is 0 Å². The maximum atomic E-state index is 12.1. The molecule has 6 heteroatoms. The fourth-order valence-electron chi connectivity index (χ4n) is 2.39. The highest BCUT2D eigenvalue weighted by atomic mass is 32.1. The largest absolute Gasteiger partial charge is 0.497 e. The van der Waals surface area contributed by atoms with Crippen molar-refractivity contribution in [2.24, 2.45) is 5.16 Å². The summed E-state index contributed by atoms with van der Waals surface area (Å²) in [4.78, 5) is 18.5. The van der Waals surface area contributed by atoms with E-state index in [0.29, 0.717) is 19.4 Å². The second-order valence-corrected chi connectivity index (χ2v) is 6.31. The number of amides is 1. The molecule has 1 aromatic carbocycles. The Morgan fingerprint density at radius 2 is 2.35 bits per heavy atom. The fraction of sp³-hybridized carbons (Fsp3) is 0.294. The summed E-state index contributed by atoms with van der Waals surface area (Å²) >= 11 is 1.62. The number of nitrogens with zero attached hydrogens (tertiary/aromatic N) is 1. The molecule has 1 unspecified atom stereocenters. The van der Waals surface area contributed by atoms with E-state index in [4.69, 9.17) is 9.57 Å². The molecule has 2 heterocycles. The van der Waals surface area contributed by atoms with Gasteiger partial charge >= 0.3 is 0 Å². The van der Waals surface area contributed by atoms with Crippen LogP contribution in [0.2, 0.25) is 0 Å². The fourth-order valence-corrected chi connectivity index (χ4v) is 3.04. The number of rotatable bonds is 6. The minimum Gasteiger partial charge on any atom is -0.497 e. The van der Waals surface area contributed by atoms with Gasteiger partial charge in [0.2, 0.25) is 6.10 Å². The predicted octanol–water partition coefficient (Wildman–Crippen LogP) is 2.76. The summed E-state index contributed by atoms with van der Waals surface area (Å²) in [5.74, 6) is 0.690. The van der Waals surface area contributed by atoms with Crippen molar-refractivity contribution in [3.63, 3.8) is 0 Å². The van der Waals surface area contributed by atoms with Crippen molar-refractivity contribution in [2.45, 2.75) is 25.5 Å². The van der Waals surface area contributed by atoms with Gasteiger partial charge in [0.1, 0.15) is 5.75 Å². The Morgan fingerprint density at radius 3 is 3.13 bits per heavy atom. The van der Waals surface area contributed by atoms with Crippen molar-refractivity contribution in [1.82, 2.24) is 5.32 Å². The minimum absolute atomic E-state index is 0.122. The molecule has 0 saturated carbocycles. The first-order valence-corrected chi connectivity index (χ1v) is 8.27. The molecule has 1 aliphatic heterocycles. The van der Waals surface area contributed by atoms with E-state index in [0.717, 1.165) is 21.9 Å². The van der Waals surface area contributed by atoms with Crippen LogP contribution in [-0.4, -0.2) is 24.8 Å². The highest BCUT2D eigenvalue weighted by Crippen LogP contribution is 2.18. The van der Waals surface area contributed by atoms with E-state index in [2.05, 4.69) is 10.5 Å². The topological polar surface area (TPSA) is 59.9 Å². The molecule has 0 aliphatic carbocycles. The molecule has 1 atom stereocenters. The molecule has 1 aliphatic rings. The van der Waals surface area contributed by atoms with Crippen molar-refractivity contribution in [1.29, 1.82) is 0 Å². The molecule has 23 heavy (non-hydrogen) atoms. The third-order valence-corrected chi connectivity index (χ3v) is 4.46. The Labute approximate surface area is 138 Å². The van der Waals surface area contributed by atoms with Gasteiger partial charge in [-0.15, -0.1) is 11.3 Å². The van der Waals surface area contributed by atoms with Gasteiger partial charge in [0.05, 0.1) is 19.4 Å².